The Kier molecular flexibility index (Phi) is 7.10. The van der Waals surface area contributed by atoms with Crippen LogP contribution in [-0.2, 0) is 22.6 Å². The summed E-state index contributed by atoms with van der Waals surface area (Å²) in [5.74, 6) is 1.18. The molecule has 0 aliphatic carbocycles. The predicted molar refractivity (Wildman–Crippen MR) is 126 cm³/mol. The van der Waals surface area contributed by atoms with Crippen LogP contribution < -0.4 is 4.74 Å². The number of halogens is 1. The third-order valence-corrected chi connectivity index (χ3v) is 5.23. The molecule has 2 aromatic carbocycles. The van der Waals surface area contributed by atoms with Crippen LogP contribution in [0.2, 0.25) is 0 Å². The Balaban J connectivity index is 1.36. The van der Waals surface area contributed by atoms with Gasteiger partial charge in [0.15, 0.2) is 0 Å². The molecule has 7 nitrogen and oxygen atoms in total. The van der Waals surface area contributed by atoms with Crippen molar-refractivity contribution in [3.05, 3.63) is 88.0 Å². The second-order valence-corrected chi connectivity index (χ2v) is 8.40. The highest BCUT2D eigenvalue weighted by atomic mass is 127. The first-order chi connectivity index (χ1) is 15.6. The summed E-state index contributed by atoms with van der Waals surface area (Å²) >= 11 is 2.19. The van der Waals surface area contributed by atoms with Gasteiger partial charge in [-0.05, 0) is 46.4 Å². The lowest BCUT2D eigenvalue weighted by molar-refractivity contribution is -0.149. The summed E-state index contributed by atoms with van der Waals surface area (Å²) in [5.41, 5.74) is 1.68. The average molecular weight is 541 g/mol. The predicted octanol–water partition coefficient (Wildman–Crippen LogP) is 5.45. The van der Waals surface area contributed by atoms with E-state index in [-0.39, 0.29) is 12.6 Å². The first kappa shape index (κ1) is 21.9. The van der Waals surface area contributed by atoms with Gasteiger partial charge in [0.1, 0.15) is 12.4 Å². The molecular formula is C24H20IN3O4. The average Bonchev–Trinajstić information content (AvgIpc) is 3.28. The first-order valence-electron chi connectivity index (χ1n) is 10.00. The normalized spacial score (nSPS) is 11.7. The fourth-order valence-electron chi connectivity index (χ4n) is 2.91. The lowest BCUT2D eigenvalue weighted by atomic mass is 10.1. The minimum Gasteiger partial charge on any atom is -0.461 e. The highest BCUT2D eigenvalue weighted by molar-refractivity contribution is 14.1. The van der Waals surface area contributed by atoms with Crippen LogP contribution in [0.1, 0.15) is 18.4 Å². The van der Waals surface area contributed by atoms with Crippen molar-refractivity contribution in [2.24, 2.45) is 5.92 Å². The Morgan fingerprint density at radius 2 is 1.94 bits per heavy atom. The molecule has 4 rings (SSSR count). The van der Waals surface area contributed by atoms with Crippen molar-refractivity contribution in [2.45, 2.75) is 20.0 Å². The Morgan fingerprint density at radius 3 is 2.72 bits per heavy atom. The number of nitrogens with zero attached hydrogens (tertiary/aromatic N) is 3. The maximum Gasteiger partial charge on any atom is 0.309 e. The van der Waals surface area contributed by atoms with E-state index in [9.17, 15) is 4.79 Å². The number of hydrogen-bond acceptors (Lipinski definition) is 7. The van der Waals surface area contributed by atoms with Gasteiger partial charge in [-0.25, -0.2) is 4.98 Å². The van der Waals surface area contributed by atoms with Gasteiger partial charge in [0.05, 0.1) is 5.92 Å². The molecule has 0 unspecified atom stereocenters. The van der Waals surface area contributed by atoms with Gasteiger partial charge < -0.3 is 14.0 Å². The molecule has 0 N–H and O–H groups in total. The van der Waals surface area contributed by atoms with Crippen molar-refractivity contribution < 1.29 is 18.8 Å². The van der Waals surface area contributed by atoms with E-state index in [0.29, 0.717) is 29.8 Å². The number of rotatable bonds is 8. The monoisotopic (exact) mass is 541 g/mol. The summed E-state index contributed by atoms with van der Waals surface area (Å²) in [6.45, 7) is 2.01. The molecule has 2 heterocycles. The van der Waals surface area contributed by atoms with Crippen LogP contribution in [-0.4, -0.2) is 21.1 Å². The van der Waals surface area contributed by atoms with Crippen molar-refractivity contribution in [3.8, 4) is 23.0 Å². The second kappa shape index (κ2) is 10.4. The Hall–Kier alpha value is -3.27. The second-order valence-electron chi connectivity index (χ2n) is 7.15. The zero-order chi connectivity index (χ0) is 22.3. The molecule has 0 spiro atoms. The van der Waals surface area contributed by atoms with E-state index in [2.05, 4.69) is 37.7 Å². The highest BCUT2D eigenvalue weighted by Crippen LogP contribution is 2.25. The fourth-order valence-corrected chi connectivity index (χ4v) is 3.23. The van der Waals surface area contributed by atoms with Crippen LogP contribution in [0, 0.1) is 9.49 Å². The highest BCUT2D eigenvalue weighted by Gasteiger charge is 2.19. The zero-order valence-electron chi connectivity index (χ0n) is 17.3. The van der Waals surface area contributed by atoms with Gasteiger partial charge in [-0.15, -0.1) is 0 Å². The van der Waals surface area contributed by atoms with Crippen molar-refractivity contribution in [1.29, 1.82) is 0 Å². The quantitative estimate of drug-likeness (QED) is 0.217. The lowest BCUT2D eigenvalue weighted by Gasteiger charge is -2.09. The summed E-state index contributed by atoms with van der Waals surface area (Å²) in [5, 5.41) is 4.04. The SMILES string of the molecule is C[C@@H](Cc1nc(-c2cccc(Oc3ccc(I)cn3)c2)no1)C(=O)OCc1ccccc1. The number of ether oxygens (including phenoxy) is 2. The van der Waals surface area contributed by atoms with Gasteiger partial charge >= 0.3 is 5.97 Å². The van der Waals surface area contributed by atoms with E-state index < -0.39 is 5.92 Å². The number of carbonyl (C=O) groups excluding carboxylic acids is 1. The molecule has 8 heteroatoms. The van der Waals surface area contributed by atoms with Gasteiger partial charge in [-0.3, -0.25) is 4.79 Å². The largest absolute Gasteiger partial charge is 0.461 e. The number of carbonyl (C=O) groups is 1. The maximum absolute atomic E-state index is 12.3. The smallest absolute Gasteiger partial charge is 0.309 e. The molecule has 0 aliphatic heterocycles. The summed E-state index contributed by atoms with van der Waals surface area (Å²) in [4.78, 5) is 21.0. The van der Waals surface area contributed by atoms with Crippen LogP contribution in [0.15, 0.2) is 77.4 Å². The van der Waals surface area contributed by atoms with E-state index in [1.54, 1.807) is 19.2 Å². The molecule has 162 valence electrons. The minimum absolute atomic E-state index is 0.237. The minimum atomic E-state index is -0.409. The Morgan fingerprint density at radius 1 is 1.09 bits per heavy atom. The zero-order valence-corrected chi connectivity index (χ0v) is 19.4. The van der Waals surface area contributed by atoms with E-state index >= 15 is 0 Å². The van der Waals surface area contributed by atoms with Crippen LogP contribution in [0.4, 0.5) is 0 Å². The number of hydrogen-bond donors (Lipinski definition) is 0. The van der Waals surface area contributed by atoms with Crippen molar-refractivity contribution in [2.75, 3.05) is 0 Å². The standard InChI is InChI=1S/C24H20IN3O4/c1-16(24(29)30-15-17-6-3-2-4-7-17)12-22-27-23(28-32-22)18-8-5-9-20(13-18)31-21-11-10-19(25)14-26-21/h2-11,13-14,16H,12,15H2,1H3/t16-/m0/s1. The van der Waals surface area contributed by atoms with Gasteiger partial charge in [0, 0.05) is 27.8 Å². The summed E-state index contributed by atoms with van der Waals surface area (Å²) in [6, 6.07) is 20.6. The molecule has 32 heavy (non-hydrogen) atoms. The molecule has 0 radical (unpaired) electrons. The molecule has 1 atom stereocenters. The molecule has 0 amide bonds. The molecule has 2 aromatic heterocycles. The topological polar surface area (TPSA) is 87.3 Å². The van der Waals surface area contributed by atoms with Crippen molar-refractivity contribution in [1.82, 2.24) is 15.1 Å². The molecular weight excluding hydrogens is 521 g/mol. The number of aromatic nitrogens is 3. The van der Waals surface area contributed by atoms with Crippen molar-refractivity contribution in [3.63, 3.8) is 0 Å². The van der Waals surface area contributed by atoms with Crippen LogP contribution in [0.3, 0.4) is 0 Å². The number of esters is 1. The number of benzene rings is 2. The van der Waals surface area contributed by atoms with Gasteiger partial charge in [0.25, 0.3) is 0 Å². The molecule has 4 aromatic rings. The number of pyridine rings is 1. The molecule has 0 saturated carbocycles. The molecule has 0 fully saturated rings. The summed E-state index contributed by atoms with van der Waals surface area (Å²) in [6.07, 6.45) is 2.03. The maximum atomic E-state index is 12.3. The Labute approximate surface area is 198 Å². The third-order valence-electron chi connectivity index (χ3n) is 4.59. The van der Waals surface area contributed by atoms with Crippen LogP contribution in [0.5, 0.6) is 11.6 Å². The van der Waals surface area contributed by atoms with Gasteiger partial charge in [0.2, 0.25) is 17.6 Å². The summed E-state index contributed by atoms with van der Waals surface area (Å²) in [7, 11) is 0. The molecule has 0 bridgehead atoms. The van der Waals surface area contributed by atoms with E-state index in [4.69, 9.17) is 14.0 Å². The third kappa shape index (κ3) is 5.91. The van der Waals surface area contributed by atoms with Crippen molar-refractivity contribution >= 4 is 28.6 Å². The van der Waals surface area contributed by atoms with E-state index in [1.807, 2.05) is 60.7 Å². The van der Waals surface area contributed by atoms with Crippen LogP contribution >= 0.6 is 22.6 Å². The molecule has 0 aliphatic rings. The first-order valence-corrected chi connectivity index (χ1v) is 11.1. The Bertz CT molecular complexity index is 1180. The van der Waals surface area contributed by atoms with E-state index in [0.717, 1.165) is 14.7 Å². The van der Waals surface area contributed by atoms with Gasteiger partial charge in [-0.2, -0.15) is 4.98 Å². The lowest BCUT2D eigenvalue weighted by Crippen LogP contribution is -2.17. The van der Waals surface area contributed by atoms with E-state index in [1.165, 1.54) is 0 Å². The fraction of sp³-hybridized carbons (Fsp3) is 0.167. The molecule has 0 saturated heterocycles. The van der Waals surface area contributed by atoms with Crippen LogP contribution in [0.25, 0.3) is 11.4 Å². The van der Waals surface area contributed by atoms with Gasteiger partial charge in [-0.1, -0.05) is 54.5 Å². The summed E-state index contributed by atoms with van der Waals surface area (Å²) < 4.78 is 17.6.